The molecule has 0 saturated heterocycles. The SMILES string of the molecule is O=C(O)C(O)Cc1ccccc1SCC(F)(F)F. The Kier molecular flexibility index (Phi) is 5.03. The van der Waals surface area contributed by atoms with E-state index in [2.05, 4.69) is 0 Å². The van der Waals surface area contributed by atoms with Crippen molar-refractivity contribution in [2.45, 2.75) is 23.6 Å². The van der Waals surface area contributed by atoms with Crippen molar-refractivity contribution in [3.05, 3.63) is 29.8 Å². The molecule has 0 aliphatic rings. The summed E-state index contributed by atoms with van der Waals surface area (Å²) in [6.45, 7) is 0. The predicted molar refractivity (Wildman–Crippen MR) is 60.6 cm³/mol. The Morgan fingerprint density at radius 1 is 1.33 bits per heavy atom. The molecular formula is C11H11F3O3S. The second kappa shape index (κ2) is 6.10. The molecule has 1 aromatic carbocycles. The number of carboxylic acid groups (broad SMARTS) is 1. The average Bonchev–Trinajstić information content (AvgIpc) is 2.26. The van der Waals surface area contributed by atoms with Crippen molar-refractivity contribution in [2.24, 2.45) is 0 Å². The van der Waals surface area contributed by atoms with Gasteiger partial charge in [0, 0.05) is 11.3 Å². The number of thioether (sulfide) groups is 1. The van der Waals surface area contributed by atoms with Crippen molar-refractivity contribution in [3.8, 4) is 0 Å². The molecule has 0 radical (unpaired) electrons. The topological polar surface area (TPSA) is 57.5 Å². The van der Waals surface area contributed by atoms with Gasteiger partial charge in [-0.1, -0.05) is 18.2 Å². The molecule has 0 aliphatic carbocycles. The molecule has 0 amide bonds. The second-order valence-corrected chi connectivity index (χ2v) is 4.59. The molecule has 0 aromatic heterocycles. The van der Waals surface area contributed by atoms with Gasteiger partial charge in [-0.15, -0.1) is 11.8 Å². The Morgan fingerprint density at radius 2 is 1.94 bits per heavy atom. The highest BCUT2D eigenvalue weighted by atomic mass is 32.2. The number of aliphatic hydroxyl groups is 1. The average molecular weight is 280 g/mol. The fourth-order valence-electron chi connectivity index (χ4n) is 1.27. The first-order chi connectivity index (χ1) is 8.29. The number of rotatable bonds is 5. The monoisotopic (exact) mass is 280 g/mol. The van der Waals surface area contributed by atoms with Gasteiger partial charge >= 0.3 is 12.1 Å². The van der Waals surface area contributed by atoms with Crippen molar-refractivity contribution in [1.29, 1.82) is 0 Å². The fourth-order valence-corrected chi connectivity index (χ4v) is 2.10. The molecule has 2 N–H and O–H groups in total. The molecule has 0 fully saturated rings. The second-order valence-electron chi connectivity index (χ2n) is 3.57. The molecule has 18 heavy (non-hydrogen) atoms. The number of carbonyl (C=O) groups is 1. The van der Waals surface area contributed by atoms with Crippen LogP contribution in [0.2, 0.25) is 0 Å². The standard InChI is InChI=1S/C11H11F3O3S/c12-11(13,14)6-18-9-4-2-1-3-7(9)5-8(15)10(16)17/h1-4,8,15H,5-6H2,(H,16,17). The summed E-state index contributed by atoms with van der Waals surface area (Å²) >= 11 is 0.579. The maximum Gasteiger partial charge on any atom is 0.398 e. The third kappa shape index (κ3) is 4.97. The van der Waals surface area contributed by atoms with E-state index >= 15 is 0 Å². The van der Waals surface area contributed by atoms with E-state index in [1.165, 1.54) is 12.1 Å². The Labute approximate surface area is 106 Å². The van der Waals surface area contributed by atoms with Crippen molar-refractivity contribution < 1.29 is 28.2 Å². The first-order valence-electron chi connectivity index (χ1n) is 4.98. The van der Waals surface area contributed by atoms with Crippen molar-refractivity contribution >= 4 is 17.7 Å². The molecule has 1 atom stereocenters. The molecule has 0 bridgehead atoms. The van der Waals surface area contributed by atoms with Crippen LogP contribution >= 0.6 is 11.8 Å². The van der Waals surface area contributed by atoms with E-state index in [1.54, 1.807) is 12.1 Å². The number of alkyl halides is 3. The Morgan fingerprint density at radius 3 is 2.50 bits per heavy atom. The molecule has 0 heterocycles. The highest BCUT2D eigenvalue weighted by Gasteiger charge is 2.28. The number of carboxylic acids is 1. The third-order valence-corrected chi connectivity index (χ3v) is 3.24. The van der Waals surface area contributed by atoms with E-state index < -0.39 is 24.0 Å². The van der Waals surface area contributed by atoms with Crippen molar-refractivity contribution in [3.63, 3.8) is 0 Å². The van der Waals surface area contributed by atoms with E-state index in [-0.39, 0.29) is 6.42 Å². The number of halogens is 3. The summed E-state index contributed by atoms with van der Waals surface area (Å²) in [5, 5.41) is 17.8. The van der Waals surface area contributed by atoms with E-state index in [9.17, 15) is 23.1 Å². The van der Waals surface area contributed by atoms with E-state index in [0.717, 1.165) is 0 Å². The van der Waals surface area contributed by atoms with E-state index in [4.69, 9.17) is 5.11 Å². The van der Waals surface area contributed by atoms with Crippen LogP contribution in [0.3, 0.4) is 0 Å². The Balaban J connectivity index is 2.76. The van der Waals surface area contributed by atoms with E-state index in [0.29, 0.717) is 22.2 Å². The van der Waals surface area contributed by atoms with Crippen LogP contribution in [0, 0.1) is 0 Å². The van der Waals surface area contributed by atoms with Crippen LogP contribution in [0.15, 0.2) is 29.2 Å². The minimum atomic E-state index is -4.29. The Bertz CT molecular complexity index is 420. The van der Waals surface area contributed by atoms with Gasteiger partial charge in [0.25, 0.3) is 0 Å². The van der Waals surface area contributed by atoms with Gasteiger partial charge in [-0.3, -0.25) is 0 Å². The summed E-state index contributed by atoms with van der Waals surface area (Å²) in [4.78, 5) is 10.8. The quantitative estimate of drug-likeness (QED) is 0.813. The maximum absolute atomic E-state index is 12.1. The lowest BCUT2D eigenvalue weighted by molar-refractivity contribution is -0.146. The van der Waals surface area contributed by atoms with Gasteiger partial charge in [0.1, 0.15) is 0 Å². The molecule has 0 spiro atoms. The highest BCUT2D eigenvalue weighted by molar-refractivity contribution is 7.99. The minimum Gasteiger partial charge on any atom is -0.479 e. The lowest BCUT2D eigenvalue weighted by atomic mass is 10.1. The van der Waals surface area contributed by atoms with Crippen molar-refractivity contribution in [1.82, 2.24) is 0 Å². The lowest BCUT2D eigenvalue weighted by Crippen LogP contribution is -2.22. The van der Waals surface area contributed by atoms with Crippen LogP contribution in [0.4, 0.5) is 13.2 Å². The van der Waals surface area contributed by atoms with Crippen LogP contribution in [0.5, 0.6) is 0 Å². The largest absolute Gasteiger partial charge is 0.479 e. The molecule has 7 heteroatoms. The molecule has 0 aliphatic heterocycles. The number of hydrogen-bond donors (Lipinski definition) is 2. The first-order valence-corrected chi connectivity index (χ1v) is 5.96. The van der Waals surface area contributed by atoms with Gasteiger partial charge in [0.05, 0.1) is 5.75 Å². The number of benzene rings is 1. The molecule has 100 valence electrons. The van der Waals surface area contributed by atoms with Crippen LogP contribution in [0.1, 0.15) is 5.56 Å². The summed E-state index contributed by atoms with van der Waals surface area (Å²) in [6, 6.07) is 6.13. The zero-order valence-corrected chi connectivity index (χ0v) is 9.96. The number of aliphatic hydroxyl groups excluding tert-OH is 1. The summed E-state index contributed by atoms with van der Waals surface area (Å²) in [6.07, 6.45) is -6.11. The zero-order chi connectivity index (χ0) is 13.8. The van der Waals surface area contributed by atoms with Gasteiger partial charge in [-0.2, -0.15) is 13.2 Å². The molecule has 1 rings (SSSR count). The minimum absolute atomic E-state index is 0.212. The van der Waals surface area contributed by atoms with Gasteiger partial charge in [-0.05, 0) is 11.6 Å². The number of aliphatic carboxylic acids is 1. The third-order valence-electron chi connectivity index (χ3n) is 2.06. The molecule has 0 saturated carbocycles. The fraction of sp³-hybridized carbons (Fsp3) is 0.364. The van der Waals surface area contributed by atoms with Crippen LogP contribution in [-0.2, 0) is 11.2 Å². The predicted octanol–water partition coefficient (Wildman–Crippen LogP) is 2.33. The smallest absolute Gasteiger partial charge is 0.398 e. The highest BCUT2D eigenvalue weighted by Crippen LogP contribution is 2.30. The van der Waals surface area contributed by atoms with Gasteiger partial charge in [-0.25, -0.2) is 4.79 Å². The molecule has 1 aromatic rings. The summed E-state index contributed by atoms with van der Waals surface area (Å²) < 4.78 is 36.3. The van der Waals surface area contributed by atoms with Gasteiger partial charge in [0.15, 0.2) is 6.10 Å². The number of hydrogen-bond acceptors (Lipinski definition) is 3. The summed E-state index contributed by atoms with van der Waals surface area (Å²) in [5.74, 6) is -2.45. The van der Waals surface area contributed by atoms with Gasteiger partial charge < -0.3 is 10.2 Å². The zero-order valence-electron chi connectivity index (χ0n) is 9.15. The summed E-state index contributed by atoms with van der Waals surface area (Å²) in [5.41, 5.74) is 0.390. The molecular weight excluding hydrogens is 269 g/mol. The summed E-state index contributed by atoms with van der Waals surface area (Å²) in [7, 11) is 0. The molecule has 3 nitrogen and oxygen atoms in total. The van der Waals surface area contributed by atoms with Crippen LogP contribution in [0.25, 0.3) is 0 Å². The lowest BCUT2D eigenvalue weighted by Gasteiger charge is -2.12. The maximum atomic E-state index is 12.1. The van der Waals surface area contributed by atoms with Crippen LogP contribution < -0.4 is 0 Å². The first kappa shape index (κ1) is 14.8. The van der Waals surface area contributed by atoms with Crippen LogP contribution in [-0.4, -0.2) is 34.2 Å². The van der Waals surface area contributed by atoms with E-state index in [1.807, 2.05) is 0 Å². The Hall–Kier alpha value is -1.21. The van der Waals surface area contributed by atoms with Crippen molar-refractivity contribution in [2.75, 3.05) is 5.75 Å². The molecule has 1 unspecified atom stereocenters. The van der Waals surface area contributed by atoms with Gasteiger partial charge in [0.2, 0.25) is 0 Å². The normalized spacial score (nSPS) is 13.3.